The van der Waals surface area contributed by atoms with Crippen LogP contribution in [0.25, 0.3) is 16.9 Å². The molecule has 2 aromatic heterocycles. The van der Waals surface area contributed by atoms with Crippen LogP contribution in [0.15, 0.2) is 79.0 Å². The van der Waals surface area contributed by atoms with E-state index < -0.39 is 0 Å². The van der Waals surface area contributed by atoms with E-state index in [0.717, 1.165) is 28.2 Å². The highest BCUT2D eigenvalue weighted by Gasteiger charge is 2.15. The van der Waals surface area contributed by atoms with Crippen LogP contribution in [-0.2, 0) is 17.8 Å². The summed E-state index contributed by atoms with van der Waals surface area (Å²) < 4.78 is 2.08. The number of imidazole rings is 1. The fourth-order valence-corrected chi connectivity index (χ4v) is 3.44. The van der Waals surface area contributed by atoms with Gasteiger partial charge < -0.3 is 9.72 Å². The number of carbonyl (C=O) groups excluding carboxylic acids is 1. The van der Waals surface area contributed by atoms with Crippen LogP contribution in [0, 0.1) is 6.92 Å². The van der Waals surface area contributed by atoms with Crippen molar-refractivity contribution in [1.29, 1.82) is 0 Å². The summed E-state index contributed by atoms with van der Waals surface area (Å²) in [5.74, 6) is 0.0492. The molecule has 140 valence electrons. The van der Waals surface area contributed by atoms with E-state index in [1.54, 1.807) is 0 Å². The van der Waals surface area contributed by atoms with Crippen LogP contribution in [0.3, 0.4) is 0 Å². The molecule has 0 atom stereocenters. The SMILES string of the molecule is Cc1ccccc1CNC(=O)CCc1c(-c2ccccc2)nc2ccccn12. The van der Waals surface area contributed by atoms with Gasteiger partial charge in [-0.15, -0.1) is 0 Å². The van der Waals surface area contributed by atoms with Crippen LogP contribution in [0.1, 0.15) is 23.2 Å². The zero-order valence-electron chi connectivity index (χ0n) is 15.9. The van der Waals surface area contributed by atoms with E-state index in [0.29, 0.717) is 19.4 Å². The largest absolute Gasteiger partial charge is 0.352 e. The van der Waals surface area contributed by atoms with Crippen molar-refractivity contribution in [1.82, 2.24) is 14.7 Å². The summed E-state index contributed by atoms with van der Waals surface area (Å²) in [7, 11) is 0. The maximum atomic E-state index is 12.5. The molecule has 4 rings (SSSR count). The second-order valence-corrected chi connectivity index (χ2v) is 6.91. The molecule has 0 bridgehead atoms. The number of fused-ring (bicyclic) bond motifs is 1. The molecule has 1 amide bonds. The van der Waals surface area contributed by atoms with Crippen molar-refractivity contribution in [3.8, 4) is 11.3 Å². The second-order valence-electron chi connectivity index (χ2n) is 6.91. The third-order valence-electron chi connectivity index (χ3n) is 5.00. The third-order valence-corrected chi connectivity index (χ3v) is 5.00. The summed E-state index contributed by atoms with van der Waals surface area (Å²) in [6, 6.07) is 24.2. The van der Waals surface area contributed by atoms with E-state index in [9.17, 15) is 4.79 Å². The molecular formula is C24H23N3O. The first kappa shape index (κ1) is 18.0. The highest BCUT2D eigenvalue weighted by Crippen LogP contribution is 2.25. The van der Waals surface area contributed by atoms with Crippen LogP contribution < -0.4 is 5.32 Å². The lowest BCUT2D eigenvalue weighted by Gasteiger charge is -2.09. The number of carbonyl (C=O) groups is 1. The third kappa shape index (κ3) is 3.81. The first-order valence-electron chi connectivity index (χ1n) is 9.55. The molecule has 0 fully saturated rings. The molecule has 4 aromatic rings. The lowest BCUT2D eigenvalue weighted by molar-refractivity contribution is -0.121. The normalized spacial score (nSPS) is 10.9. The molecule has 0 aliphatic heterocycles. The number of hydrogen-bond donors (Lipinski definition) is 1. The topological polar surface area (TPSA) is 46.4 Å². The van der Waals surface area contributed by atoms with Gasteiger partial charge in [-0.05, 0) is 36.6 Å². The molecule has 0 saturated carbocycles. The summed E-state index contributed by atoms with van der Waals surface area (Å²) in [5, 5.41) is 3.04. The van der Waals surface area contributed by atoms with Gasteiger partial charge in [0.15, 0.2) is 0 Å². The minimum Gasteiger partial charge on any atom is -0.352 e. The quantitative estimate of drug-likeness (QED) is 0.542. The van der Waals surface area contributed by atoms with Gasteiger partial charge >= 0.3 is 0 Å². The zero-order chi connectivity index (χ0) is 19.3. The molecule has 0 aliphatic rings. The number of benzene rings is 2. The van der Waals surface area contributed by atoms with Gasteiger partial charge in [-0.3, -0.25) is 4.79 Å². The number of nitrogens with zero attached hydrogens (tertiary/aromatic N) is 2. The monoisotopic (exact) mass is 369 g/mol. The van der Waals surface area contributed by atoms with Crippen molar-refractivity contribution in [2.24, 2.45) is 0 Å². The lowest BCUT2D eigenvalue weighted by atomic mass is 10.1. The van der Waals surface area contributed by atoms with E-state index in [1.807, 2.05) is 60.8 Å². The minimum atomic E-state index is 0.0492. The predicted molar refractivity (Wildman–Crippen MR) is 112 cm³/mol. The molecule has 0 saturated heterocycles. The first-order chi connectivity index (χ1) is 13.7. The fourth-order valence-electron chi connectivity index (χ4n) is 3.44. The van der Waals surface area contributed by atoms with E-state index in [-0.39, 0.29) is 5.91 Å². The zero-order valence-corrected chi connectivity index (χ0v) is 15.9. The molecule has 2 heterocycles. The maximum Gasteiger partial charge on any atom is 0.220 e. The van der Waals surface area contributed by atoms with E-state index in [2.05, 4.69) is 34.8 Å². The highest BCUT2D eigenvalue weighted by molar-refractivity contribution is 5.77. The Morgan fingerprint density at radius 1 is 0.964 bits per heavy atom. The number of hydrogen-bond acceptors (Lipinski definition) is 2. The average Bonchev–Trinajstić information content (AvgIpc) is 3.11. The fraction of sp³-hybridized carbons (Fsp3) is 0.167. The number of amides is 1. The molecule has 0 unspecified atom stereocenters. The van der Waals surface area contributed by atoms with E-state index in [4.69, 9.17) is 4.98 Å². The molecule has 0 aliphatic carbocycles. The van der Waals surface area contributed by atoms with Gasteiger partial charge in [-0.2, -0.15) is 0 Å². The van der Waals surface area contributed by atoms with Crippen LogP contribution >= 0.6 is 0 Å². The Morgan fingerprint density at radius 2 is 1.71 bits per heavy atom. The van der Waals surface area contributed by atoms with Gasteiger partial charge in [-0.1, -0.05) is 60.7 Å². The molecule has 2 aromatic carbocycles. The first-order valence-corrected chi connectivity index (χ1v) is 9.55. The van der Waals surface area contributed by atoms with Gasteiger partial charge in [0, 0.05) is 24.7 Å². The molecule has 1 N–H and O–H groups in total. The van der Waals surface area contributed by atoms with Crippen LogP contribution in [0.2, 0.25) is 0 Å². The van der Waals surface area contributed by atoms with E-state index >= 15 is 0 Å². The van der Waals surface area contributed by atoms with Crippen molar-refractivity contribution >= 4 is 11.6 Å². The predicted octanol–water partition coefficient (Wildman–Crippen LogP) is 4.56. The standard InChI is InChI=1S/C24H23N3O/c1-18-9-5-6-12-20(18)17-25-23(28)15-14-21-24(19-10-3-2-4-11-19)26-22-13-7-8-16-27(21)22/h2-13,16H,14-15,17H2,1H3,(H,25,28). The van der Waals surface area contributed by atoms with Crippen molar-refractivity contribution in [3.63, 3.8) is 0 Å². The van der Waals surface area contributed by atoms with Gasteiger partial charge in [0.2, 0.25) is 5.91 Å². The minimum absolute atomic E-state index is 0.0492. The maximum absolute atomic E-state index is 12.5. The Bertz CT molecular complexity index is 1100. The molecule has 0 radical (unpaired) electrons. The van der Waals surface area contributed by atoms with Gasteiger partial charge in [0.25, 0.3) is 0 Å². The van der Waals surface area contributed by atoms with E-state index in [1.165, 1.54) is 5.56 Å². The Hall–Kier alpha value is -3.40. The highest BCUT2D eigenvalue weighted by atomic mass is 16.1. The molecule has 0 spiro atoms. The van der Waals surface area contributed by atoms with Crippen molar-refractivity contribution < 1.29 is 4.79 Å². The number of rotatable bonds is 6. The second kappa shape index (κ2) is 8.09. The van der Waals surface area contributed by atoms with Crippen LogP contribution in [0.4, 0.5) is 0 Å². The Labute approximate surface area is 164 Å². The summed E-state index contributed by atoms with van der Waals surface area (Å²) in [5.41, 5.74) is 6.32. The summed E-state index contributed by atoms with van der Waals surface area (Å²) in [4.78, 5) is 17.3. The number of aromatic nitrogens is 2. The Kier molecular flexibility index (Phi) is 5.20. The summed E-state index contributed by atoms with van der Waals surface area (Å²) in [6.07, 6.45) is 3.07. The molecule has 4 heteroatoms. The average molecular weight is 369 g/mol. The number of aryl methyl sites for hydroxylation is 2. The Balaban J connectivity index is 1.51. The number of pyridine rings is 1. The van der Waals surface area contributed by atoms with Crippen LogP contribution in [-0.4, -0.2) is 15.3 Å². The molecule has 4 nitrogen and oxygen atoms in total. The Morgan fingerprint density at radius 3 is 2.54 bits per heavy atom. The van der Waals surface area contributed by atoms with Crippen LogP contribution in [0.5, 0.6) is 0 Å². The summed E-state index contributed by atoms with van der Waals surface area (Å²) in [6.45, 7) is 2.62. The number of nitrogens with one attached hydrogen (secondary N) is 1. The molecular weight excluding hydrogens is 346 g/mol. The van der Waals surface area contributed by atoms with Gasteiger partial charge in [0.1, 0.15) is 5.65 Å². The smallest absolute Gasteiger partial charge is 0.220 e. The van der Waals surface area contributed by atoms with Crippen molar-refractivity contribution in [3.05, 3.63) is 95.8 Å². The lowest BCUT2D eigenvalue weighted by Crippen LogP contribution is -2.23. The van der Waals surface area contributed by atoms with Crippen molar-refractivity contribution in [2.75, 3.05) is 0 Å². The van der Waals surface area contributed by atoms with Gasteiger partial charge in [0.05, 0.1) is 11.4 Å². The molecule has 28 heavy (non-hydrogen) atoms. The summed E-state index contributed by atoms with van der Waals surface area (Å²) >= 11 is 0. The van der Waals surface area contributed by atoms with Crippen molar-refractivity contribution in [2.45, 2.75) is 26.3 Å². The van der Waals surface area contributed by atoms with Gasteiger partial charge in [-0.25, -0.2) is 4.98 Å².